The molecule has 178 valence electrons. The summed E-state index contributed by atoms with van der Waals surface area (Å²) in [6.45, 7) is 0.810. The van der Waals surface area contributed by atoms with Crippen LogP contribution in [0.5, 0.6) is 23.0 Å². The van der Waals surface area contributed by atoms with Crippen LogP contribution in [0, 0.1) is 0 Å². The molecule has 4 rings (SSSR count). The van der Waals surface area contributed by atoms with Gasteiger partial charge < -0.3 is 25.3 Å². The standard InChI is InChI=1S/C29H28N2O4/c1-33-28-17-21(13-14-27(28)34-16-15-30)18-29(32)31-24-9-5-7-22(19-24)23-8-6-12-26(20-23)35-25-10-3-2-4-11-25/h2-14,17,19-20H,15-16,18,30H2,1H3,(H,31,32). The van der Waals surface area contributed by atoms with Crippen molar-refractivity contribution in [2.75, 3.05) is 25.6 Å². The Morgan fingerprint density at radius 3 is 2.31 bits per heavy atom. The third-order valence-electron chi connectivity index (χ3n) is 5.26. The van der Waals surface area contributed by atoms with Crippen LogP contribution in [0.1, 0.15) is 5.56 Å². The number of amides is 1. The first-order valence-corrected chi connectivity index (χ1v) is 11.4. The van der Waals surface area contributed by atoms with Crippen molar-refractivity contribution in [2.45, 2.75) is 6.42 Å². The quantitative estimate of drug-likeness (QED) is 0.313. The highest BCUT2D eigenvalue weighted by Crippen LogP contribution is 2.30. The second-order valence-electron chi connectivity index (χ2n) is 7.87. The van der Waals surface area contributed by atoms with E-state index in [1.165, 1.54) is 0 Å². The van der Waals surface area contributed by atoms with E-state index >= 15 is 0 Å². The molecule has 0 heterocycles. The van der Waals surface area contributed by atoms with Crippen molar-refractivity contribution in [1.82, 2.24) is 0 Å². The molecule has 0 fully saturated rings. The SMILES string of the molecule is COc1cc(CC(=O)Nc2cccc(-c3cccc(Oc4ccccc4)c3)c2)ccc1OCCN. The minimum Gasteiger partial charge on any atom is -0.493 e. The van der Waals surface area contributed by atoms with Gasteiger partial charge in [-0.15, -0.1) is 0 Å². The Kier molecular flexibility index (Phi) is 7.99. The maximum atomic E-state index is 12.7. The lowest BCUT2D eigenvalue weighted by molar-refractivity contribution is -0.115. The van der Waals surface area contributed by atoms with E-state index in [0.717, 1.165) is 33.9 Å². The number of rotatable bonds is 10. The zero-order valence-electron chi connectivity index (χ0n) is 19.6. The van der Waals surface area contributed by atoms with Gasteiger partial charge in [-0.3, -0.25) is 4.79 Å². The zero-order chi connectivity index (χ0) is 24.5. The van der Waals surface area contributed by atoms with Gasteiger partial charge in [0, 0.05) is 12.2 Å². The number of ether oxygens (including phenoxy) is 3. The number of nitrogens with two attached hydrogens (primary N) is 1. The zero-order valence-corrected chi connectivity index (χ0v) is 19.6. The van der Waals surface area contributed by atoms with Crippen LogP contribution in [-0.2, 0) is 11.2 Å². The summed E-state index contributed by atoms with van der Waals surface area (Å²) < 4.78 is 16.9. The van der Waals surface area contributed by atoms with Crippen LogP contribution < -0.4 is 25.3 Å². The van der Waals surface area contributed by atoms with Crippen molar-refractivity contribution in [3.05, 3.63) is 103 Å². The van der Waals surface area contributed by atoms with Crippen molar-refractivity contribution in [3.8, 4) is 34.1 Å². The Labute approximate surface area is 205 Å². The van der Waals surface area contributed by atoms with Crippen LogP contribution >= 0.6 is 0 Å². The molecule has 35 heavy (non-hydrogen) atoms. The molecule has 0 saturated heterocycles. The topological polar surface area (TPSA) is 82.8 Å². The fourth-order valence-corrected chi connectivity index (χ4v) is 3.64. The van der Waals surface area contributed by atoms with E-state index in [9.17, 15) is 4.79 Å². The molecule has 0 atom stereocenters. The summed E-state index contributed by atoms with van der Waals surface area (Å²) in [5, 5.41) is 2.98. The summed E-state index contributed by atoms with van der Waals surface area (Å²) in [7, 11) is 1.57. The minimum atomic E-state index is -0.124. The van der Waals surface area contributed by atoms with E-state index in [2.05, 4.69) is 5.32 Å². The van der Waals surface area contributed by atoms with E-state index in [0.29, 0.717) is 24.7 Å². The van der Waals surface area contributed by atoms with Crippen LogP contribution in [0.2, 0.25) is 0 Å². The van der Waals surface area contributed by atoms with Crippen LogP contribution in [0.3, 0.4) is 0 Å². The number of anilines is 1. The summed E-state index contributed by atoms with van der Waals surface area (Å²) >= 11 is 0. The van der Waals surface area contributed by atoms with Crippen molar-refractivity contribution in [3.63, 3.8) is 0 Å². The first-order chi connectivity index (χ1) is 17.1. The van der Waals surface area contributed by atoms with Crippen LogP contribution in [0.4, 0.5) is 5.69 Å². The first kappa shape index (κ1) is 23.9. The number of nitrogens with one attached hydrogen (secondary N) is 1. The molecule has 6 nitrogen and oxygen atoms in total. The van der Waals surface area contributed by atoms with E-state index in [-0.39, 0.29) is 12.3 Å². The molecule has 0 aromatic heterocycles. The molecular formula is C29H28N2O4. The van der Waals surface area contributed by atoms with Gasteiger partial charge in [-0.05, 0) is 65.2 Å². The summed E-state index contributed by atoms with van der Waals surface area (Å²) in [4.78, 5) is 12.7. The number of benzene rings is 4. The Bertz CT molecular complexity index is 1270. The lowest BCUT2D eigenvalue weighted by Crippen LogP contribution is -2.14. The number of para-hydroxylation sites is 1. The fourth-order valence-electron chi connectivity index (χ4n) is 3.64. The summed E-state index contributed by atoms with van der Waals surface area (Å²) in [6, 6.07) is 30.7. The maximum absolute atomic E-state index is 12.7. The smallest absolute Gasteiger partial charge is 0.228 e. The normalized spacial score (nSPS) is 10.5. The molecule has 0 unspecified atom stereocenters. The van der Waals surface area contributed by atoms with Gasteiger partial charge >= 0.3 is 0 Å². The van der Waals surface area contributed by atoms with Gasteiger partial charge in [0.05, 0.1) is 13.5 Å². The highest BCUT2D eigenvalue weighted by Gasteiger charge is 2.10. The monoisotopic (exact) mass is 468 g/mol. The molecule has 0 aliphatic heterocycles. The van der Waals surface area contributed by atoms with Gasteiger partial charge in [-0.2, -0.15) is 0 Å². The highest BCUT2D eigenvalue weighted by molar-refractivity contribution is 5.93. The third-order valence-corrected chi connectivity index (χ3v) is 5.26. The largest absolute Gasteiger partial charge is 0.493 e. The Morgan fingerprint density at radius 2 is 1.54 bits per heavy atom. The molecule has 0 spiro atoms. The van der Waals surface area contributed by atoms with Crippen molar-refractivity contribution in [2.24, 2.45) is 5.73 Å². The number of hydrogen-bond donors (Lipinski definition) is 2. The lowest BCUT2D eigenvalue weighted by Gasteiger charge is -2.12. The number of carbonyl (C=O) groups is 1. The van der Waals surface area contributed by atoms with Crippen LogP contribution in [-0.4, -0.2) is 26.2 Å². The van der Waals surface area contributed by atoms with E-state index in [1.54, 1.807) is 19.2 Å². The average Bonchev–Trinajstić information content (AvgIpc) is 2.88. The van der Waals surface area contributed by atoms with Crippen LogP contribution in [0.25, 0.3) is 11.1 Å². The van der Waals surface area contributed by atoms with Gasteiger partial charge in [-0.25, -0.2) is 0 Å². The molecule has 4 aromatic carbocycles. The molecule has 4 aromatic rings. The molecule has 3 N–H and O–H groups in total. The first-order valence-electron chi connectivity index (χ1n) is 11.4. The Hall–Kier alpha value is -4.29. The summed E-state index contributed by atoms with van der Waals surface area (Å²) in [5.41, 5.74) is 9.01. The van der Waals surface area contributed by atoms with Gasteiger partial charge in [-0.1, -0.05) is 48.5 Å². The molecule has 0 radical (unpaired) electrons. The lowest BCUT2D eigenvalue weighted by atomic mass is 10.0. The molecule has 0 saturated carbocycles. The van der Waals surface area contributed by atoms with Crippen molar-refractivity contribution < 1.29 is 19.0 Å². The molecule has 0 aliphatic carbocycles. The van der Waals surface area contributed by atoms with E-state index in [4.69, 9.17) is 19.9 Å². The maximum Gasteiger partial charge on any atom is 0.228 e. The Balaban J connectivity index is 1.43. The minimum absolute atomic E-state index is 0.124. The summed E-state index contributed by atoms with van der Waals surface area (Å²) in [5.74, 6) is 2.58. The van der Waals surface area contributed by atoms with Gasteiger partial charge in [0.2, 0.25) is 5.91 Å². The second kappa shape index (κ2) is 11.7. The van der Waals surface area contributed by atoms with Crippen molar-refractivity contribution in [1.29, 1.82) is 0 Å². The van der Waals surface area contributed by atoms with E-state index in [1.807, 2.05) is 84.9 Å². The number of hydrogen-bond acceptors (Lipinski definition) is 5. The molecular weight excluding hydrogens is 440 g/mol. The highest BCUT2D eigenvalue weighted by atomic mass is 16.5. The van der Waals surface area contributed by atoms with E-state index < -0.39 is 0 Å². The average molecular weight is 469 g/mol. The number of methoxy groups -OCH3 is 1. The predicted octanol–water partition coefficient (Wildman–Crippen LogP) is 5.67. The molecule has 6 heteroatoms. The number of carbonyl (C=O) groups excluding carboxylic acids is 1. The third kappa shape index (κ3) is 6.62. The molecule has 1 amide bonds. The molecule has 0 bridgehead atoms. The fraction of sp³-hybridized carbons (Fsp3) is 0.138. The van der Waals surface area contributed by atoms with Gasteiger partial charge in [0.1, 0.15) is 18.1 Å². The Morgan fingerprint density at radius 1 is 0.800 bits per heavy atom. The van der Waals surface area contributed by atoms with Crippen molar-refractivity contribution >= 4 is 11.6 Å². The van der Waals surface area contributed by atoms with Crippen LogP contribution in [0.15, 0.2) is 97.1 Å². The summed E-state index contributed by atoms with van der Waals surface area (Å²) in [6.07, 6.45) is 0.207. The van der Waals surface area contributed by atoms with Gasteiger partial charge in [0.25, 0.3) is 0 Å². The van der Waals surface area contributed by atoms with Gasteiger partial charge in [0.15, 0.2) is 11.5 Å². The second-order valence-corrected chi connectivity index (χ2v) is 7.87. The predicted molar refractivity (Wildman–Crippen MR) is 138 cm³/mol. The molecule has 0 aliphatic rings.